The Balaban J connectivity index is 2.09. The van der Waals surface area contributed by atoms with Crippen molar-refractivity contribution in [2.24, 2.45) is 0 Å². The molecule has 2 rings (SSSR count). The Labute approximate surface area is 118 Å². The molecule has 0 spiro atoms. The van der Waals surface area contributed by atoms with Crippen LogP contribution in [0.3, 0.4) is 0 Å². The van der Waals surface area contributed by atoms with Crippen molar-refractivity contribution in [2.75, 3.05) is 11.9 Å². The number of phenolic OH excluding ortho intramolecular Hbond substituents is 2. The highest BCUT2D eigenvalue weighted by Crippen LogP contribution is 2.30. The molecule has 0 saturated heterocycles. The third-order valence-electron chi connectivity index (χ3n) is 2.92. The molecular weight excluding hydrogens is 254 g/mol. The minimum absolute atomic E-state index is 0.0908. The van der Waals surface area contributed by atoms with E-state index in [1.807, 2.05) is 24.3 Å². The Kier molecular flexibility index (Phi) is 4.71. The van der Waals surface area contributed by atoms with Crippen molar-refractivity contribution in [3.63, 3.8) is 0 Å². The van der Waals surface area contributed by atoms with Crippen LogP contribution in [-0.4, -0.2) is 16.8 Å². The smallest absolute Gasteiger partial charge is 0.162 e. The van der Waals surface area contributed by atoms with E-state index in [4.69, 9.17) is 4.74 Å². The zero-order valence-corrected chi connectivity index (χ0v) is 11.5. The van der Waals surface area contributed by atoms with Gasteiger partial charge in [0.25, 0.3) is 0 Å². The molecule has 0 atom stereocenters. The topological polar surface area (TPSA) is 61.7 Å². The number of nitrogens with one attached hydrogen (secondary N) is 1. The molecule has 0 aromatic heterocycles. The van der Waals surface area contributed by atoms with Crippen LogP contribution in [0.4, 0.5) is 5.69 Å². The number of aromatic hydroxyl groups is 2. The molecule has 0 bridgehead atoms. The van der Waals surface area contributed by atoms with Gasteiger partial charge in [-0.3, -0.25) is 0 Å². The average Bonchev–Trinajstić information content (AvgIpc) is 2.47. The monoisotopic (exact) mass is 273 g/mol. The maximum atomic E-state index is 9.77. The molecule has 0 fully saturated rings. The Hall–Kier alpha value is -2.36. The van der Waals surface area contributed by atoms with Crippen LogP contribution in [0.2, 0.25) is 0 Å². The van der Waals surface area contributed by atoms with E-state index in [-0.39, 0.29) is 11.5 Å². The van der Waals surface area contributed by atoms with Crippen LogP contribution < -0.4 is 10.1 Å². The summed E-state index contributed by atoms with van der Waals surface area (Å²) in [6, 6.07) is 12.6. The summed E-state index contributed by atoms with van der Waals surface area (Å²) in [5.74, 6) is 0.584. The molecule has 0 amide bonds. The zero-order chi connectivity index (χ0) is 14.4. The minimum Gasteiger partial charge on any atom is -0.504 e. The number of anilines is 1. The van der Waals surface area contributed by atoms with Crippen LogP contribution in [0.15, 0.2) is 42.5 Å². The molecule has 0 aliphatic heterocycles. The van der Waals surface area contributed by atoms with E-state index < -0.39 is 0 Å². The largest absolute Gasteiger partial charge is 0.504 e. The molecule has 2 aromatic carbocycles. The number of para-hydroxylation sites is 3. The summed E-state index contributed by atoms with van der Waals surface area (Å²) in [6.45, 7) is 3.13. The summed E-state index contributed by atoms with van der Waals surface area (Å²) in [5.41, 5.74) is 1.50. The van der Waals surface area contributed by atoms with Crippen molar-refractivity contribution >= 4 is 5.69 Å². The van der Waals surface area contributed by atoms with Gasteiger partial charge in [-0.05, 0) is 24.6 Å². The van der Waals surface area contributed by atoms with Crippen LogP contribution >= 0.6 is 0 Å². The van der Waals surface area contributed by atoms with Crippen LogP contribution in [-0.2, 0) is 6.54 Å². The third-order valence-corrected chi connectivity index (χ3v) is 2.92. The summed E-state index contributed by atoms with van der Waals surface area (Å²) < 4.78 is 5.65. The first kappa shape index (κ1) is 14.1. The van der Waals surface area contributed by atoms with E-state index in [0.29, 0.717) is 18.7 Å². The van der Waals surface area contributed by atoms with Gasteiger partial charge in [-0.2, -0.15) is 0 Å². The molecule has 20 heavy (non-hydrogen) atoms. The minimum atomic E-state index is -0.111. The van der Waals surface area contributed by atoms with Crippen molar-refractivity contribution in [3.05, 3.63) is 48.0 Å². The van der Waals surface area contributed by atoms with Crippen molar-refractivity contribution in [1.82, 2.24) is 0 Å². The molecule has 0 heterocycles. The molecule has 0 unspecified atom stereocenters. The van der Waals surface area contributed by atoms with Crippen molar-refractivity contribution < 1.29 is 14.9 Å². The highest BCUT2D eigenvalue weighted by molar-refractivity contribution is 5.57. The molecule has 0 aliphatic rings. The molecule has 0 aliphatic carbocycles. The highest BCUT2D eigenvalue weighted by atomic mass is 16.5. The van der Waals surface area contributed by atoms with E-state index in [1.165, 1.54) is 6.07 Å². The summed E-state index contributed by atoms with van der Waals surface area (Å²) >= 11 is 0. The highest BCUT2D eigenvalue weighted by Gasteiger charge is 2.07. The first-order valence-electron chi connectivity index (χ1n) is 6.68. The van der Waals surface area contributed by atoms with Crippen molar-refractivity contribution in [1.29, 1.82) is 0 Å². The lowest BCUT2D eigenvalue weighted by molar-refractivity contribution is 0.319. The number of hydrogen-bond donors (Lipinski definition) is 3. The third kappa shape index (κ3) is 3.35. The van der Waals surface area contributed by atoms with Gasteiger partial charge in [0.1, 0.15) is 5.75 Å². The predicted octanol–water partition coefficient (Wildman–Crippen LogP) is 3.50. The lowest BCUT2D eigenvalue weighted by Crippen LogP contribution is -2.03. The SMILES string of the molecule is CCCOc1ccccc1NCc1cccc(O)c1O. The van der Waals surface area contributed by atoms with Gasteiger partial charge in [-0.25, -0.2) is 0 Å². The molecule has 4 heteroatoms. The first-order chi connectivity index (χ1) is 9.72. The molecular formula is C16H19NO3. The van der Waals surface area contributed by atoms with Gasteiger partial charge < -0.3 is 20.3 Å². The Morgan fingerprint density at radius 1 is 1.05 bits per heavy atom. The lowest BCUT2D eigenvalue weighted by atomic mass is 10.2. The summed E-state index contributed by atoms with van der Waals surface area (Å²) in [7, 11) is 0. The van der Waals surface area contributed by atoms with Crippen molar-refractivity contribution in [2.45, 2.75) is 19.9 Å². The Morgan fingerprint density at radius 2 is 1.85 bits per heavy atom. The van der Waals surface area contributed by atoms with Gasteiger partial charge in [0.05, 0.1) is 12.3 Å². The fourth-order valence-electron chi connectivity index (χ4n) is 1.86. The fourth-order valence-corrected chi connectivity index (χ4v) is 1.86. The second-order valence-electron chi connectivity index (χ2n) is 4.48. The van der Waals surface area contributed by atoms with Crippen LogP contribution in [0, 0.1) is 0 Å². The number of ether oxygens (including phenoxy) is 1. The average molecular weight is 273 g/mol. The number of rotatable bonds is 6. The van der Waals surface area contributed by atoms with Gasteiger partial charge in [0.15, 0.2) is 11.5 Å². The number of hydrogen-bond acceptors (Lipinski definition) is 4. The standard InChI is InChI=1S/C16H19NO3/c1-2-10-20-15-9-4-3-7-13(15)17-11-12-6-5-8-14(18)16(12)19/h3-9,17-19H,2,10-11H2,1H3. The number of benzene rings is 2. The number of phenols is 2. The fraction of sp³-hybridized carbons (Fsp3) is 0.250. The Bertz CT molecular complexity index is 569. The Morgan fingerprint density at radius 3 is 2.65 bits per heavy atom. The van der Waals surface area contributed by atoms with Crippen molar-refractivity contribution in [3.8, 4) is 17.2 Å². The summed E-state index contributed by atoms with van der Waals surface area (Å²) in [5, 5.41) is 22.4. The lowest BCUT2D eigenvalue weighted by Gasteiger charge is -2.13. The molecule has 106 valence electrons. The van der Waals surface area contributed by atoms with E-state index >= 15 is 0 Å². The molecule has 4 nitrogen and oxygen atoms in total. The van der Waals surface area contributed by atoms with E-state index in [1.54, 1.807) is 12.1 Å². The predicted molar refractivity (Wildman–Crippen MR) is 79.3 cm³/mol. The second kappa shape index (κ2) is 6.70. The summed E-state index contributed by atoms with van der Waals surface area (Å²) in [6.07, 6.45) is 0.946. The molecule has 2 aromatic rings. The second-order valence-corrected chi connectivity index (χ2v) is 4.48. The van der Waals surface area contributed by atoms with Crippen LogP contribution in [0.1, 0.15) is 18.9 Å². The molecule has 0 radical (unpaired) electrons. The van der Waals surface area contributed by atoms with Crippen LogP contribution in [0.5, 0.6) is 17.2 Å². The maximum Gasteiger partial charge on any atom is 0.162 e. The molecule has 0 saturated carbocycles. The van der Waals surface area contributed by atoms with Crippen LogP contribution in [0.25, 0.3) is 0 Å². The first-order valence-corrected chi connectivity index (χ1v) is 6.68. The van der Waals surface area contributed by atoms with Gasteiger partial charge >= 0.3 is 0 Å². The summed E-state index contributed by atoms with van der Waals surface area (Å²) in [4.78, 5) is 0. The van der Waals surface area contributed by atoms with E-state index in [2.05, 4.69) is 12.2 Å². The van der Waals surface area contributed by atoms with Gasteiger partial charge in [0, 0.05) is 12.1 Å². The normalized spacial score (nSPS) is 10.2. The van der Waals surface area contributed by atoms with E-state index in [0.717, 1.165) is 17.9 Å². The maximum absolute atomic E-state index is 9.77. The van der Waals surface area contributed by atoms with Gasteiger partial charge in [-0.15, -0.1) is 0 Å². The molecule has 3 N–H and O–H groups in total. The van der Waals surface area contributed by atoms with E-state index in [9.17, 15) is 10.2 Å². The quantitative estimate of drug-likeness (QED) is 0.705. The van der Waals surface area contributed by atoms with Gasteiger partial charge in [-0.1, -0.05) is 31.2 Å². The van der Waals surface area contributed by atoms with Gasteiger partial charge in [0.2, 0.25) is 0 Å². The zero-order valence-electron chi connectivity index (χ0n) is 11.5.